The Kier molecular flexibility index (Phi) is 4.31. The molecule has 1 saturated heterocycles. The maximum absolute atomic E-state index is 15.5. The Bertz CT molecular complexity index is 1160. The number of hydrogen-bond donors (Lipinski definition) is 3. The summed E-state index contributed by atoms with van der Waals surface area (Å²) < 4.78 is 44.7. The molecule has 3 fully saturated rings. The zero-order valence-corrected chi connectivity index (χ0v) is 16.2. The highest BCUT2D eigenvalue weighted by atomic mass is 19.3. The lowest BCUT2D eigenvalue weighted by Gasteiger charge is -2.27. The summed E-state index contributed by atoms with van der Waals surface area (Å²) >= 11 is 0. The maximum atomic E-state index is 15.5. The SMILES string of the molecule is Cc1c(N2CC3CC(O)C(O)C3C2)c(F)c(C(F)F)c2c(=O)[nH]c(=O)n(C3CC3)c12. The Morgan fingerprint density at radius 3 is 2.47 bits per heavy atom. The van der Waals surface area contributed by atoms with E-state index < -0.39 is 46.6 Å². The Balaban J connectivity index is 1.77. The van der Waals surface area contributed by atoms with Crippen molar-refractivity contribution in [3.05, 3.63) is 37.8 Å². The standard InChI is InChI=1S/C20H22F3N3O4/c1-7-15-13(19(29)24-20(30)26(15)9-2-3-9)12(18(22)23)14(21)16(7)25-5-8-4-11(27)17(28)10(8)6-25/h8-11,17-18,27-28H,2-6H2,1H3,(H,24,29,30). The predicted molar refractivity (Wildman–Crippen MR) is 103 cm³/mol. The Hall–Kier alpha value is -2.33. The molecule has 1 aromatic carbocycles. The number of alkyl halides is 2. The predicted octanol–water partition coefficient (Wildman–Crippen LogP) is 1.59. The van der Waals surface area contributed by atoms with Crippen molar-refractivity contribution in [1.82, 2.24) is 9.55 Å². The molecule has 0 amide bonds. The van der Waals surface area contributed by atoms with Crippen LogP contribution < -0.4 is 16.1 Å². The van der Waals surface area contributed by atoms with Crippen LogP contribution in [0.25, 0.3) is 10.9 Å². The molecule has 2 aromatic rings. The van der Waals surface area contributed by atoms with Crippen LogP contribution in [0.4, 0.5) is 18.9 Å². The second-order valence-electron chi connectivity index (χ2n) is 8.71. The summed E-state index contributed by atoms with van der Waals surface area (Å²) in [6.45, 7) is 2.03. The minimum Gasteiger partial charge on any atom is -0.390 e. The molecule has 2 heterocycles. The molecule has 3 N–H and O–H groups in total. The number of anilines is 1. The molecule has 2 saturated carbocycles. The maximum Gasteiger partial charge on any atom is 0.329 e. The second-order valence-corrected chi connectivity index (χ2v) is 8.71. The highest BCUT2D eigenvalue weighted by molar-refractivity contribution is 5.90. The van der Waals surface area contributed by atoms with Gasteiger partial charge in [0.25, 0.3) is 12.0 Å². The van der Waals surface area contributed by atoms with Crippen LogP contribution in [0.15, 0.2) is 9.59 Å². The van der Waals surface area contributed by atoms with Gasteiger partial charge in [-0.05, 0) is 32.1 Å². The lowest BCUT2D eigenvalue weighted by Crippen LogP contribution is -2.34. The first-order valence-corrected chi connectivity index (χ1v) is 10.1. The number of hydrogen-bond acceptors (Lipinski definition) is 5. The molecule has 4 unspecified atom stereocenters. The van der Waals surface area contributed by atoms with Crippen LogP contribution in [-0.2, 0) is 0 Å². The average molecular weight is 425 g/mol. The topological polar surface area (TPSA) is 98.6 Å². The zero-order valence-electron chi connectivity index (χ0n) is 16.2. The molecule has 5 rings (SSSR count). The van der Waals surface area contributed by atoms with Crippen molar-refractivity contribution in [3.8, 4) is 0 Å². The van der Waals surface area contributed by atoms with Crippen molar-refractivity contribution in [3.63, 3.8) is 0 Å². The molecule has 1 aliphatic heterocycles. The Morgan fingerprint density at radius 1 is 1.17 bits per heavy atom. The van der Waals surface area contributed by atoms with Crippen LogP contribution in [-0.4, -0.2) is 45.1 Å². The second kappa shape index (κ2) is 6.58. The van der Waals surface area contributed by atoms with Gasteiger partial charge in [-0.15, -0.1) is 0 Å². The van der Waals surface area contributed by atoms with Gasteiger partial charge in [-0.2, -0.15) is 0 Å². The van der Waals surface area contributed by atoms with E-state index in [2.05, 4.69) is 4.98 Å². The third-order valence-electron chi connectivity index (χ3n) is 6.88. The van der Waals surface area contributed by atoms with Crippen molar-refractivity contribution in [2.45, 2.75) is 50.9 Å². The molecule has 0 spiro atoms. The van der Waals surface area contributed by atoms with Gasteiger partial charge in [-0.1, -0.05) is 0 Å². The van der Waals surface area contributed by atoms with Gasteiger partial charge in [0, 0.05) is 30.6 Å². The quantitative estimate of drug-likeness (QED) is 0.694. The number of aromatic nitrogens is 2. The third-order valence-corrected chi connectivity index (χ3v) is 6.88. The largest absolute Gasteiger partial charge is 0.390 e. The summed E-state index contributed by atoms with van der Waals surface area (Å²) in [5.74, 6) is -1.56. The number of nitrogens with one attached hydrogen (secondary N) is 1. The number of halogens is 3. The summed E-state index contributed by atoms with van der Waals surface area (Å²) in [6, 6.07) is -0.214. The van der Waals surface area contributed by atoms with Gasteiger partial charge in [-0.25, -0.2) is 18.0 Å². The number of H-pyrrole nitrogens is 1. The Morgan fingerprint density at radius 2 is 1.87 bits per heavy atom. The van der Waals surface area contributed by atoms with E-state index in [0.717, 1.165) is 0 Å². The molecule has 4 atom stereocenters. The summed E-state index contributed by atoms with van der Waals surface area (Å²) in [5, 5.41) is 19.6. The van der Waals surface area contributed by atoms with Crippen molar-refractivity contribution < 1.29 is 23.4 Å². The molecule has 30 heavy (non-hydrogen) atoms. The molecular weight excluding hydrogens is 403 g/mol. The monoisotopic (exact) mass is 425 g/mol. The van der Waals surface area contributed by atoms with Gasteiger partial charge >= 0.3 is 5.69 Å². The number of aryl methyl sites for hydroxylation is 1. The molecule has 1 aromatic heterocycles. The normalized spacial score (nSPS) is 28.7. The van der Waals surface area contributed by atoms with E-state index in [4.69, 9.17) is 0 Å². The zero-order chi connectivity index (χ0) is 21.5. The highest BCUT2D eigenvalue weighted by Gasteiger charge is 2.48. The van der Waals surface area contributed by atoms with Crippen LogP contribution in [0.1, 0.15) is 42.9 Å². The van der Waals surface area contributed by atoms with Crippen molar-refractivity contribution >= 4 is 16.6 Å². The summed E-state index contributed by atoms with van der Waals surface area (Å²) in [7, 11) is 0. The number of benzene rings is 1. The van der Waals surface area contributed by atoms with Gasteiger partial charge in [0.2, 0.25) is 0 Å². The number of aliphatic hydroxyl groups is 2. The molecule has 162 valence electrons. The minimum absolute atomic E-state index is 0.0515. The fourth-order valence-electron chi connectivity index (χ4n) is 5.39. The lowest BCUT2D eigenvalue weighted by molar-refractivity contribution is 0.0229. The number of aliphatic hydroxyl groups excluding tert-OH is 2. The third kappa shape index (κ3) is 2.66. The summed E-state index contributed by atoms with van der Waals surface area (Å²) in [5.41, 5.74) is -2.46. The summed E-state index contributed by atoms with van der Waals surface area (Å²) in [6.07, 6.45) is -3.34. The first-order chi connectivity index (χ1) is 14.2. The van der Waals surface area contributed by atoms with Crippen molar-refractivity contribution in [1.29, 1.82) is 0 Å². The van der Waals surface area contributed by atoms with Gasteiger partial charge in [0.05, 0.1) is 34.4 Å². The van der Waals surface area contributed by atoms with Gasteiger partial charge in [0.15, 0.2) is 5.82 Å². The highest BCUT2D eigenvalue weighted by Crippen LogP contribution is 2.45. The summed E-state index contributed by atoms with van der Waals surface area (Å²) in [4.78, 5) is 28.6. The molecule has 10 heteroatoms. The van der Waals surface area contributed by atoms with Crippen LogP contribution in [0.3, 0.4) is 0 Å². The van der Waals surface area contributed by atoms with E-state index in [0.29, 0.717) is 25.8 Å². The van der Waals surface area contributed by atoms with Crippen LogP contribution in [0, 0.1) is 24.6 Å². The van der Waals surface area contributed by atoms with Gasteiger partial charge in [-0.3, -0.25) is 14.3 Å². The first kappa shape index (κ1) is 19.6. The Labute approximate surface area is 168 Å². The molecule has 0 radical (unpaired) electrons. The van der Waals surface area contributed by atoms with E-state index >= 15 is 4.39 Å². The van der Waals surface area contributed by atoms with Crippen LogP contribution in [0.5, 0.6) is 0 Å². The van der Waals surface area contributed by atoms with Crippen LogP contribution in [0.2, 0.25) is 0 Å². The van der Waals surface area contributed by atoms with Crippen molar-refractivity contribution in [2.75, 3.05) is 18.0 Å². The van der Waals surface area contributed by atoms with E-state index in [-0.39, 0.29) is 41.2 Å². The molecule has 3 aliphatic rings. The fraction of sp³-hybridized carbons (Fsp3) is 0.600. The molecular formula is C20H22F3N3O4. The molecule has 0 bridgehead atoms. The first-order valence-electron chi connectivity index (χ1n) is 10.1. The minimum atomic E-state index is -3.24. The number of nitrogens with zero attached hydrogens (tertiary/aromatic N) is 2. The lowest BCUT2D eigenvalue weighted by atomic mass is 9.99. The average Bonchev–Trinajstić information content (AvgIpc) is 3.36. The van der Waals surface area contributed by atoms with E-state index in [1.807, 2.05) is 0 Å². The van der Waals surface area contributed by atoms with E-state index in [1.165, 1.54) is 11.5 Å². The van der Waals surface area contributed by atoms with Gasteiger partial charge < -0.3 is 15.1 Å². The number of rotatable bonds is 3. The van der Waals surface area contributed by atoms with Gasteiger partial charge in [0.1, 0.15) is 0 Å². The number of fused-ring (bicyclic) bond motifs is 2. The molecule has 2 aliphatic carbocycles. The van der Waals surface area contributed by atoms with E-state index in [1.54, 1.807) is 4.90 Å². The number of aromatic amines is 1. The smallest absolute Gasteiger partial charge is 0.329 e. The molecule has 7 nitrogen and oxygen atoms in total. The fourth-order valence-corrected chi connectivity index (χ4v) is 5.39. The van der Waals surface area contributed by atoms with E-state index in [9.17, 15) is 28.6 Å². The van der Waals surface area contributed by atoms with Crippen molar-refractivity contribution in [2.24, 2.45) is 11.8 Å². The van der Waals surface area contributed by atoms with Crippen LogP contribution >= 0.6 is 0 Å².